The predicted molar refractivity (Wildman–Crippen MR) is 73.4 cm³/mol. The first-order chi connectivity index (χ1) is 9.07. The summed E-state index contributed by atoms with van der Waals surface area (Å²) in [5, 5.41) is 13.2. The number of rotatable bonds is 9. The molecular formula is C13H23N3O3. The van der Waals surface area contributed by atoms with Crippen molar-refractivity contribution < 1.29 is 14.6 Å². The van der Waals surface area contributed by atoms with Gasteiger partial charge < -0.3 is 19.9 Å². The molecule has 6 heteroatoms. The Kier molecular flexibility index (Phi) is 6.52. The molecule has 1 aromatic rings. The van der Waals surface area contributed by atoms with Gasteiger partial charge in [0.15, 0.2) is 0 Å². The molecule has 0 radical (unpaired) electrons. The van der Waals surface area contributed by atoms with Gasteiger partial charge in [0, 0.05) is 32.7 Å². The number of nitrogens with zero attached hydrogens (tertiary/aromatic N) is 2. The number of ether oxygens (including phenoxy) is 2. The second-order valence-corrected chi connectivity index (χ2v) is 4.68. The maximum absolute atomic E-state index is 10.1. The molecule has 19 heavy (non-hydrogen) atoms. The lowest BCUT2D eigenvalue weighted by molar-refractivity contribution is 0.0357. The van der Waals surface area contributed by atoms with E-state index >= 15 is 0 Å². The molecule has 6 nitrogen and oxygen atoms in total. The standard InChI is InChI=1S/C13H23N3O3/c1-4-6-19-12-8-11(15-10-16-12)14-9-13(2,17)5-7-18-3/h8,10,17H,4-7,9H2,1-3H3,(H,14,15,16). The third kappa shape index (κ3) is 6.35. The van der Waals surface area contributed by atoms with E-state index in [-0.39, 0.29) is 0 Å². The fraction of sp³-hybridized carbons (Fsp3) is 0.692. The van der Waals surface area contributed by atoms with Gasteiger partial charge in [-0.15, -0.1) is 0 Å². The summed E-state index contributed by atoms with van der Waals surface area (Å²) < 4.78 is 10.4. The minimum atomic E-state index is -0.842. The Hall–Kier alpha value is -1.40. The second kappa shape index (κ2) is 7.91. The maximum atomic E-state index is 10.1. The minimum absolute atomic E-state index is 0.389. The topological polar surface area (TPSA) is 76.5 Å². The summed E-state index contributed by atoms with van der Waals surface area (Å²) in [7, 11) is 1.62. The molecule has 0 saturated heterocycles. The van der Waals surface area contributed by atoms with Crippen molar-refractivity contribution in [2.24, 2.45) is 0 Å². The van der Waals surface area contributed by atoms with Gasteiger partial charge in [-0.2, -0.15) is 0 Å². The maximum Gasteiger partial charge on any atom is 0.218 e. The van der Waals surface area contributed by atoms with Crippen LogP contribution in [0.2, 0.25) is 0 Å². The van der Waals surface area contributed by atoms with Crippen molar-refractivity contribution >= 4 is 5.82 Å². The molecule has 1 aromatic heterocycles. The summed E-state index contributed by atoms with van der Waals surface area (Å²) in [6.07, 6.45) is 2.93. The molecule has 0 aliphatic carbocycles. The lowest BCUT2D eigenvalue weighted by Crippen LogP contribution is -2.34. The highest BCUT2D eigenvalue weighted by molar-refractivity contribution is 5.37. The molecule has 0 spiro atoms. The van der Waals surface area contributed by atoms with E-state index in [1.165, 1.54) is 6.33 Å². The third-order valence-electron chi connectivity index (χ3n) is 2.59. The SMILES string of the molecule is CCCOc1cc(NCC(C)(O)CCOC)ncn1. The zero-order valence-corrected chi connectivity index (χ0v) is 11.8. The summed E-state index contributed by atoms with van der Waals surface area (Å²) in [6.45, 7) is 5.33. The number of nitrogens with one attached hydrogen (secondary N) is 1. The highest BCUT2D eigenvalue weighted by Crippen LogP contribution is 2.14. The first kappa shape index (κ1) is 15.7. The van der Waals surface area contributed by atoms with Crippen molar-refractivity contribution in [2.45, 2.75) is 32.3 Å². The van der Waals surface area contributed by atoms with Gasteiger partial charge in [0.25, 0.3) is 0 Å². The van der Waals surface area contributed by atoms with Crippen molar-refractivity contribution in [1.82, 2.24) is 9.97 Å². The Balaban J connectivity index is 2.48. The van der Waals surface area contributed by atoms with E-state index in [9.17, 15) is 5.11 Å². The van der Waals surface area contributed by atoms with Gasteiger partial charge in [-0.25, -0.2) is 9.97 Å². The Labute approximate surface area is 114 Å². The average Bonchev–Trinajstić information content (AvgIpc) is 2.41. The second-order valence-electron chi connectivity index (χ2n) is 4.68. The van der Waals surface area contributed by atoms with Crippen LogP contribution in [0.1, 0.15) is 26.7 Å². The molecule has 108 valence electrons. The summed E-state index contributed by atoms with van der Waals surface area (Å²) >= 11 is 0. The number of hydrogen-bond acceptors (Lipinski definition) is 6. The van der Waals surface area contributed by atoms with E-state index in [0.717, 1.165) is 6.42 Å². The smallest absolute Gasteiger partial charge is 0.218 e. The molecule has 1 unspecified atom stereocenters. The van der Waals surface area contributed by atoms with E-state index in [1.54, 1.807) is 20.1 Å². The van der Waals surface area contributed by atoms with Crippen LogP contribution in [0.3, 0.4) is 0 Å². The quantitative estimate of drug-likeness (QED) is 0.707. The molecule has 1 atom stereocenters. The summed E-state index contributed by atoms with van der Waals surface area (Å²) in [5.74, 6) is 1.18. The Bertz CT molecular complexity index is 372. The van der Waals surface area contributed by atoms with Gasteiger partial charge in [0.2, 0.25) is 5.88 Å². The van der Waals surface area contributed by atoms with Crippen molar-refractivity contribution in [3.05, 3.63) is 12.4 Å². The largest absolute Gasteiger partial charge is 0.478 e. The van der Waals surface area contributed by atoms with E-state index in [1.807, 2.05) is 6.92 Å². The van der Waals surface area contributed by atoms with Gasteiger partial charge in [0.1, 0.15) is 12.1 Å². The van der Waals surface area contributed by atoms with E-state index in [2.05, 4.69) is 15.3 Å². The first-order valence-electron chi connectivity index (χ1n) is 6.47. The van der Waals surface area contributed by atoms with Gasteiger partial charge >= 0.3 is 0 Å². The van der Waals surface area contributed by atoms with Crippen LogP contribution in [0.4, 0.5) is 5.82 Å². The number of aromatic nitrogens is 2. The van der Waals surface area contributed by atoms with Crippen LogP contribution in [0.25, 0.3) is 0 Å². The Morgan fingerprint density at radius 2 is 2.16 bits per heavy atom. The van der Waals surface area contributed by atoms with Gasteiger partial charge in [-0.05, 0) is 13.3 Å². The summed E-state index contributed by atoms with van der Waals surface area (Å²) in [4.78, 5) is 8.10. The van der Waals surface area contributed by atoms with Crippen LogP contribution in [-0.2, 0) is 4.74 Å². The Morgan fingerprint density at radius 1 is 1.37 bits per heavy atom. The van der Waals surface area contributed by atoms with Crippen LogP contribution in [-0.4, -0.2) is 47.5 Å². The summed E-state index contributed by atoms with van der Waals surface area (Å²) in [6, 6.07) is 1.72. The first-order valence-corrected chi connectivity index (χ1v) is 6.47. The van der Waals surface area contributed by atoms with Crippen LogP contribution < -0.4 is 10.1 Å². The molecular weight excluding hydrogens is 246 g/mol. The van der Waals surface area contributed by atoms with Gasteiger partial charge in [0.05, 0.1) is 12.2 Å². The predicted octanol–water partition coefficient (Wildman–Crippen LogP) is 1.46. The highest BCUT2D eigenvalue weighted by atomic mass is 16.5. The van der Waals surface area contributed by atoms with E-state index in [0.29, 0.717) is 37.9 Å². The molecule has 0 aliphatic heterocycles. The van der Waals surface area contributed by atoms with Crippen LogP contribution >= 0.6 is 0 Å². The minimum Gasteiger partial charge on any atom is -0.478 e. The molecule has 0 saturated carbocycles. The average molecular weight is 269 g/mol. The normalized spacial score (nSPS) is 13.9. The number of anilines is 1. The van der Waals surface area contributed by atoms with Crippen molar-refractivity contribution in [3.63, 3.8) is 0 Å². The van der Waals surface area contributed by atoms with Gasteiger partial charge in [-0.3, -0.25) is 0 Å². The van der Waals surface area contributed by atoms with Crippen molar-refractivity contribution in [1.29, 1.82) is 0 Å². The van der Waals surface area contributed by atoms with Crippen LogP contribution in [0.15, 0.2) is 12.4 Å². The van der Waals surface area contributed by atoms with Crippen LogP contribution in [0, 0.1) is 0 Å². The molecule has 0 bridgehead atoms. The van der Waals surface area contributed by atoms with Crippen molar-refractivity contribution in [2.75, 3.05) is 32.2 Å². The zero-order valence-electron chi connectivity index (χ0n) is 11.8. The third-order valence-corrected chi connectivity index (χ3v) is 2.59. The Morgan fingerprint density at radius 3 is 2.84 bits per heavy atom. The molecule has 0 fully saturated rings. The monoisotopic (exact) mass is 269 g/mol. The fourth-order valence-corrected chi connectivity index (χ4v) is 1.41. The van der Waals surface area contributed by atoms with E-state index in [4.69, 9.17) is 9.47 Å². The molecule has 2 N–H and O–H groups in total. The molecule has 0 aliphatic rings. The zero-order chi connectivity index (χ0) is 14.1. The number of methoxy groups -OCH3 is 1. The lowest BCUT2D eigenvalue weighted by Gasteiger charge is -2.23. The fourth-order valence-electron chi connectivity index (χ4n) is 1.41. The van der Waals surface area contributed by atoms with Crippen LogP contribution in [0.5, 0.6) is 5.88 Å². The number of aliphatic hydroxyl groups is 1. The molecule has 0 aromatic carbocycles. The molecule has 1 rings (SSSR count). The van der Waals surface area contributed by atoms with E-state index < -0.39 is 5.60 Å². The number of hydrogen-bond donors (Lipinski definition) is 2. The van der Waals surface area contributed by atoms with Crippen molar-refractivity contribution in [3.8, 4) is 5.88 Å². The molecule has 1 heterocycles. The lowest BCUT2D eigenvalue weighted by atomic mass is 10.0. The highest BCUT2D eigenvalue weighted by Gasteiger charge is 2.19. The van der Waals surface area contributed by atoms with Gasteiger partial charge in [-0.1, -0.05) is 6.92 Å². The summed E-state index contributed by atoms with van der Waals surface area (Å²) in [5.41, 5.74) is -0.842. The molecule has 0 amide bonds.